The number of aliphatic hydroxyl groups excluding tert-OH is 2. The number of hydrogen-bond donors (Lipinski definition) is 5. The summed E-state index contributed by atoms with van der Waals surface area (Å²) in [5.74, 6) is -1.46. The predicted molar refractivity (Wildman–Crippen MR) is 95.6 cm³/mol. The molecule has 0 aromatic carbocycles. The molecule has 2 aliphatic rings. The van der Waals surface area contributed by atoms with Crippen molar-refractivity contribution in [3.05, 3.63) is 16.7 Å². The van der Waals surface area contributed by atoms with E-state index < -0.39 is 65.8 Å². The van der Waals surface area contributed by atoms with E-state index in [0.717, 1.165) is 10.8 Å². The summed E-state index contributed by atoms with van der Waals surface area (Å²) in [4.78, 5) is 34.2. The first-order valence-electron chi connectivity index (χ1n) is 8.01. The molecule has 6 N–H and O–H groups in total. The zero-order chi connectivity index (χ0) is 22.5. The molecule has 2 fully saturated rings. The molecule has 1 aromatic rings. The lowest BCUT2D eigenvalue weighted by atomic mass is 10.1. The van der Waals surface area contributed by atoms with Crippen molar-refractivity contribution in [1.82, 2.24) is 9.55 Å². The van der Waals surface area contributed by atoms with Gasteiger partial charge in [-0.25, -0.2) is 18.0 Å². The van der Waals surface area contributed by atoms with Crippen LogP contribution in [-0.2, 0) is 31.6 Å². The molecule has 170 valence electrons. The van der Waals surface area contributed by atoms with Crippen LogP contribution in [0.3, 0.4) is 0 Å². The number of nitrogens with zero attached hydrogens (tertiary/aromatic N) is 2. The number of anilines is 1. The van der Waals surface area contributed by atoms with Gasteiger partial charge in [-0.1, -0.05) is 0 Å². The SMILES string of the molecule is COc1cn([C@@H]2O[C@H](COP3(=O)CP(=O)(O)OP(=O)(O)O3)C(O)C2O)c(=O)nc1N. The van der Waals surface area contributed by atoms with E-state index in [0.29, 0.717) is 0 Å². The van der Waals surface area contributed by atoms with E-state index in [1.54, 1.807) is 0 Å². The number of aliphatic hydroxyl groups is 2. The van der Waals surface area contributed by atoms with Crippen molar-refractivity contribution < 1.29 is 56.3 Å². The van der Waals surface area contributed by atoms with Crippen LogP contribution in [0.25, 0.3) is 0 Å². The second kappa shape index (κ2) is 8.08. The first kappa shape index (κ1) is 23.5. The fourth-order valence-electron chi connectivity index (χ4n) is 2.76. The summed E-state index contributed by atoms with van der Waals surface area (Å²) in [6.07, 6.45) is -5.18. The lowest BCUT2D eigenvalue weighted by molar-refractivity contribution is -0.0526. The Hall–Kier alpha value is -1.15. The number of methoxy groups -OCH3 is 1. The zero-order valence-electron chi connectivity index (χ0n) is 15.1. The van der Waals surface area contributed by atoms with Crippen molar-refractivity contribution in [3.8, 4) is 5.75 Å². The zero-order valence-corrected chi connectivity index (χ0v) is 17.8. The largest absolute Gasteiger partial charge is 0.491 e. The van der Waals surface area contributed by atoms with Crippen molar-refractivity contribution in [3.63, 3.8) is 0 Å². The highest BCUT2D eigenvalue weighted by Gasteiger charge is 2.53. The van der Waals surface area contributed by atoms with Crippen LogP contribution in [0.2, 0.25) is 0 Å². The van der Waals surface area contributed by atoms with Crippen LogP contribution in [0, 0.1) is 0 Å². The van der Waals surface area contributed by atoms with E-state index in [1.165, 1.54) is 7.11 Å². The summed E-state index contributed by atoms with van der Waals surface area (Å²) in [5.41, 5.74) is 4.58. The Kier molecular flexibility index (Phi) is 6.33. The van der Waals surface area contributed by atoms with Gasteiger partial charge in [0, 0.05) is 0 Å². The third-order valence-electron chi connectivity index (χ3n) is 4.02. The van der Waals surface area contributed by atoms with Crippen LogP contribution in [0.1, 0.15) is 6.23 Å². The molecule has 0 amide bonds. The second-order valence-electron chi connectivity index (χ2n) is 6.25. The lowest BCUT2D eigenvalue weighted by Gasteiger charge is -2.28. The van der Waals surface area contributed by atoms with Gasteiger partial charge in [0.25, 0.3) is 0 Å². The third-order valence-corrected chi connectivity index (χ3v) is 11.0. The number of phosphoric acid groups is 1. The molecule has 0 aliphatic carbocycles. The van der Waals surface area contributed by atoms with E-state index in [2.05, 4.69) is 13.6 Å². The van der Waals surface area contributed by atoms with Gasteiger partial charge < -0.3 is 39.7 Å². The van der Waals surface area contributed by atoms with Crippen molar-refractivity contribution in [1.29, 1.82) is 0 Å². The minimum atomic E-state index is -5.13. The molecular formula is C11H18N3O13P3. The Labute approximate surface area is 167 Å². The van der Waals surface area contributed by atoms with Crippen LogP contribution in [-0.4, -0.2) is 67.5 Å². The molecule has 3 rings (SSSR count). The number of hydrogen-bond acceptors (Lipinski definition) is 13. The summed E-state index contributed by atoms with van der Waals surface area (Å²) >= 11 is 0. The van der Waals surface area contributed by atoms with Crippen LogP contribution < -0.4 is 16.2 Å². The Balaban J connectivity index is 1.77. The summed E-state index contributed by atoms with van der Waals surface area (Å²) in [7, 11) is -13.3. The Bertz CT molecular complexity index is 1000. The summed E-state index contributed by atoms with van der Waals surface area (Å²) in [6.45, 7) is -0.805. The van der Waals surface area contributed by atoms with Gasteiger partial charge >= 0.3 is 28.7 Å². The molecular weight excluding hydrogens is 475 g/mol. The van der Waals surface area contributed by atoms with Crippen LogP contribution >= 0.6 is 23.0 Å². The van der Waals surface area contributed by atoms with Gasteiger partial charge in [0.1, 0.15) is 18.3 Å². The van der Waals surface area contributed by atoms with Crippen LogP contribution in [0.15, 0.2) is 11.0 Å². The Morgan fingerprint density at radius 1 is 1.27 bits per heavy atom. The molecule has 1 aromatic heterocycles. The molecule has 2 saturated heterocycles. The van der Waals surface area contributed by atoms with Gasteiger partial charge in [-0.2, -0.15) is 4.98 Å². The molecule has 7 atom stereocenters. The second-order valence-corrected chi connectivity index (χ2v) is 12.4. The van der Waals surface area contributed by atoms with Gasteiger partial charge in [-0.05, 0) is 0 Å². The number of aromatic nitrogens is 2. The average Bonchev–Trinajstić information content (AvgIpc) is 2.85. The third kappa shape index (κ3) is 4.85. The molecule has 0 spiro atoms. The van der Waals surface area contributed by atoms with E-state index in [4.69, 9.17) is 19.7 Å². The fourth-order valence-corrected chi connectivity index (χ4v) is 9.67. The summed E-state index contributed by atoms with van der Waals surface area (Å²) in [5, 5.41) is 20.4. The monoisotopic (exact) mass is 493 g/mol. The smallest absolute Gasteiger partial charge is 0.486 e. The maximum Gasteiger partial charge on any atom is 0.486 e. The van der Waals surface area contributed by atoms with Crippen LogP contribution in [0.4, 0.5) is 5.82 Å². The minimum absolute atomic E-state index is 0.0166. The van der Waals surface area contributed by atoms with Crippen molar-refractivity contribution in [2.75, 3.05) is 25.4 Å². The number of nitrogens with two attached hydrogens (primary N) is 1. The molecule has 3 heterocycles. The Morgan fingerprint density at radius 3 is 2.53 bits per heavy atom. The van der Waals surface area contributed by atoms with Crippen molar-refractivity contribution in [2.45, 2.75) is 24.5 Å². The first-order chi connectivity index (χ1) is 13.8. The topological polar surface area (TPSA) is 239 Å². The number of ether oxygens (including phenoxy) is 2. The van der Waals surface area contributed by atoms with E-state index >= 15 is 0 Å². The van der Waals surface area contributed by atoms with E-state index in [9.17, 15) is 38.5 Å². The highest BCUT2D eigenvalue weighted by molar-refractivity contribution is 7.81. The van der Waals surface area contributed by atoms with Gasteiger partial charge in [0.15, 0.2) is 23.7 Å². The van der Waals surface area contributed by atoms with Crippen molar-refractivity contribution in [2.24, 2.45) is 0 Å². The maximum absolute atomic E-state index is 12.5. The standard InChI is InChI=1S/C11H18N3O13P3/c1-23-5-2-14(11(17)13-9(5)12)10-8(16)7(15)6(25-10)3-24-29(20)4-28(18,19)26-30(21,22)27-29/h2,6-8,10,15-16H,3-4H2,1H3,(H,18,19)(H,21,22)(H2,12,13,17)/t6-,7?,8?,10-,29?/m1/s1. The van der Waals surface area contributed by atoms with E-state index in [-0.39, 0.29) is 11.6 Å². The molecule has 0 saturated carbocycles. The first-order valence-corrected chi connectivity index (χ1v) is 13.0. The fraction of sp³-hybridized carbons (Fsp3) is 0.636. The molecule has 2 aliphatic heterocycles. The molecule has 30 heavy (non-hydrogen) atoms. The highest BCUT2D eigenvalue weighted by atomic mass is 31.3. The summed E-state index contributed by atoms with van der Waals surface area (Å²) < 4.78 is 59.7. The lowest BCUT2D eigenvalue weighted by Crippen LogP contribution is -2.36. The van der Waals surface area contributed by atoms with Gasteiger partial charge in [-0.15, -0.1) is 0 Å². The van der Waals surface area contributed by atoms with Gasteiger partial charge in [0.2, 0.25) is 0 Å². The molecule has 16 nitrogen and oxygen atoms in total. The minimum Gasteiger partial charge on any atom is -0.491 e. The number of nitrogen functional groups attached to an aromatic ring is 1. The van der Waals surface area contributed by atoms with Crippen LogP contribution in [0.5, 0.6) is 5.75 Å². The summed E-state index contributed by atoms with van der Waals surface area (Å²) in [6, 6.07) is 0. The molecule has 19 heteroatoms. The Morgan fingerprint density at radius 2 is 1.93 bits per heavy atom. The van der Waals surface area contributed by atoms with E-state index in [1.807, 2.05) is 0 Å². The number of rotatable bonds is 5. The average molecular weight is 493 g/mol. The molecule has 5 unspecified atom stereocenters. The predicted octanol–water partition coefficient (Wildman–Crippen LogP) is -1.05. The molecule has 0 radical (unpaired) electrons. The maximum atomic E-state index is 12.5. The van der Waals surface area contributed by atoms with Gasteiger partial charge in [0.05, 0.1) is 19.9 Å². The molecule has 0 bridgehead atoms. The highest BCUT2D eigenvalue weighted by Crippen LogP contribution is 2.78. The van der Waals surface area contributed by atoms with Gasteiger partial charge in [-0.3, -0.25) is 13.7 Å². The quantitative estimate of drug-likeness (QED) is 0.308. The normalized spacial score (nSPS) is 41.6. The van der Waals surface area contributed by atoms with Crippen molar-refractivity contribution >= 4 is 28.8 Å².